The van der Waals surface area contributed by atoms with Gasteiger partial charge in [-0.3, -0.25) is 0 Å². The number of nitrogens with one attached hydrogen (secondary N) is 1. The smallest absolute Gasteiger partial charge is 0.180 e. The largest absolute Gasteiger partial charge is 0.508 e. The fourth-order valence-corrected chi connectivity index (χ4v) is 1.94. The normalized spacial score (nSPS) is 10.9. The summed E-state index contributed by atoms with van der Waals surface area (Å²) in [6.45, 7) is 0. The van der Waals surface area contributed by atoms with Gasteiger partial charge in [0.25, 0.3) is 0 Å². The van der Waals surface area contributed by atoms with E-state index in [1.807, 2.05) is 0 Å². The summed E-state index contributed by atoms with van der Waals surface area (Å²) >= 11 is 6.07. The molecule has 4 N–H and O–H groups in total. The molecule has 0 saturated carbocycles. The predicted molar refractivity (Wildman–Crippen MR) is 70.4 cm³/mol. The number of hydrogen-bond donors (Lipinski definition) is 3. The van der Waals surface area contributed by atoms with Crippen LogP contribution in [0.2, 0.25) is 5.02 Å². The molecule has 5 nitrogen and oxygen atoms in total. The van der Waals surface area contributed by atoms with Crippen LogP contribution in [0.15, 0.2) is 30.3 Å². The molecule has 3 aromatic rings. The maximum atomic E-state index is 9.48. The third kappa shape index (κ3) is 1.74. The van der Waals surface area contributed by atoms with Crippen molar-refractivity contribution in [3.8, 4) is 17.1 Å². The molecule has 2 aromatic heterocycles. The summed E-state index contributed by atoms with van der Waals surface area (Å²) < 4.78 is 0. The zero-order valence-corrected chi connectivity index (χ0v) is 9.94. The highest BCUT2D eigenvalue weighted by molar-refractivity contribution is 6.33. The summed E-state index contributed by atoms with van der Waals surface area (Å²) in [5.74, 6) is 1.08. The van der Waals surface area contributed by atoms with Gasteiger partial charge in [0.05, 0.1) is 10.5 Å². The Morgan fingerprint density at radius 2 is 2.00 bits per heavy atom. The number of anilines is 1. The summed E-state index contributed by atoms with van der Waals surface area (Å²) in [5, 5.41) is 9.98. The first kappa shape index (κ1) is 10.9. The van der Waals surface area contributed by atoms with Crippen LogP contribution in [0, 0.1) is 0 Å². The number of benzene rings is 1. The van der Waals surface area contributed by atoms with Crippen molar-refractivity contribution in [1.29, 1.82) is 0 Å². The van der Waals surface area contributed by atoms with Gasteiger partial charge in [0, 0.05) is 5.56 Å². The number of rotatable bonds is 1. The lowest BCUT2D eigenvalue weighted by Crippen LogP contribution is -1.88. The number of nitrogens with two attached hydrogens (primary N) is 1. The van der Waals surface area contributed by atoms with Crippen LogP contribution in [0.25, 0.3) is 22.6 Å². The van der Waals surface area contributed by atoms with Gasteiger partial charge in [-0.05, 0) is 30.3 Å². The van der Waals surface area contributed by atoms with Gasteiger partial charge in [-0.1, -0.05) is 11.6 Å². The summed E-state index contributed by atoms with van der Waals surface area (Å²) in [6, 6.07) is 8.16. The zero-order chi connectivity index (χ0) is 12.7. The van der Waals surface area contributed by atoms with Crippen molar-refractivity contribution in [3.05, 3.63) is 35.4 Å². The van der Waals surface area contributed by atoms with Crippen molar-refractivity contribution in [3.63, 3.8) is 0 Å². The first-order valence-electron chi connectivity index (χ1n) is 5.24. The fourth-order valence-electron chi connectivity index (χ4n) is 1.73. The molecule has 2 heterocycles. The second-order valence-electron chi connectivity index (χ2n) is 3.86. The van der Waals surface area contributed by atoms with Gasteiger partial charge in [0.2, 0.25) is 0 Å². The van der Waals surface area contributed by atoms with E-state index in [1.165, 1.54) is 6.07 Å². The van der Waals surface area contributed by atoms with E-state index in [1.54, 1.807) is 24.3 Å². The van der Waals surface area contributed by atoms with Crippen molar-refractivity contribution < 1.29 is 5.11 Å². The molecule has 3 rings (SSSR count). The van der Waals surface area contributed by atoms with Crippen LogP contribution in [0.4, 0.5) is 5.82 Å². The first-order valence-corrected chi connectivity index (χ1v) is 5.62. The second kappa shape index (κ2) is 3.89. The third-order valence-corrected chi connectivity index (χ3v) is 2.90. The summed E-state index contributed by atoms with van der Waals surface area (Å²) in [7, 11) is 0. The average Bonchev–Trinajstić information content (AvgIpc) is 2.74. The van der Waals surface area contributed by atoms with Gasteiger partial charge in [0.1, 0.15) is 17.4 Å². The number of nitrogens with zero attached hydrogens (tertiary/aromatic N) is 2. The van der Waals surface area contributed by atoms with Gasteiger partial charge in [-0.15, -0.1) is 0 Å². The number of fused-ring (bicyclic) bond motifs is 1. The Hall–Kier alpha value is -2.27. The standard InChI is InChI=1S/C12H9ClN4O/c13-8-2-1-6(18)5-7(8)11-15-9-3-4-10(14)16-12(9)17-11/h1-5,18H,(H3,14,15,16,17). The van der Waals surface area contributed by atoms with Gasteiger partial charge < -0.3 is 15.8 Å². The molecule has 0 spiro atoms. The Bertz CT molecular complexity index is 738. The third-order valence-electron chi connectivity index (χ3n) is 2.57. The van der Waals surface area contributed by atoms with E-state index in [0.29, 0.717) is 27.9 Å². The van der Waals surface area contributed by atoms with Crippen molar-refractivity contribution in [2.45, 2.75) is 0 Å². The van der Waals surface area contributed by atoms with Crippen molar-refractivity contribution in [2.75, 3.05) is 5.73 Å². The molecule has 0 bridgehead atoms. The van der Waals surface area contributed by atoms with E-state index in [-0.39, 0.29) is 5.75 Å². The van der Waals surface area contributed by atoms with Crippen LogP contribution in [-0.4, -0.2) is 20.1 Å². The van der Waals surface area contributed by atoms with Gasteiger partial charge >= 0.3 is 0 Å². The molecular formula is C12H9ClN4O. The van der Waals surface area contributed by atoms with Crippen LogP contribution in [0.3, 0.4) is 0 Å². The molecule has 0 fully saturated rings. The topological polar surface area (TPSA) is 87.8 Å². The number of aromatic amines is 1. The molecule has 0 amide bonds. The molecule has 0 aliphatic heterocycles. The molecule has 0 aliphatic rings. The predicted octanol–water partition coefficient (Wildman–Crippen LogP) is 2.57. The lowest BCUT2D eigenvalue weighted by Gasteiger charge is -2.00. The Kier molecular flexibility index (Phi) is 2.34. The number of phenols is 1. The van der Waals surface area contributed by atoms with E-state index in [4.69, 9.17) is 17.3 Å². The van der Waals surface area contributed by atoms with E-state index < -0.39 is 0 Å². The molecule has 0 unspecified atom stereocenters. The molecular weight excluding hydrogens is 252 g/mol. The number of aromatic nitrogens is 3. The molecule has 18 heavy (non-hydrogen) atoms. The number of aromatic hydroxyl groups is 1. The molecule has 1 aromatic carbocycles. The molecule has 90 valence electrons. The number of pyridine rings is 1. The molecule has 0 radical (unpaired) electrons. The van der Waals surface area contributed by atoms with Crippen LogP contribution in [0.1, 0.15) is 0 Å². The molecule has 6 heteroatoms. The summed E-state index contributed by atoms with van der Waals surface area (Å²) in [4.78, 5) is 11.5. The Morgan fingerprint density at radius 1 is 1.17 bits per heavy atom. The lowest BCUT2D eigenvalue weighted by atomic mass is 10.2. The summed E-state index contributed by atoms with van der Waals surface area (Å²) in [5.41, 5.74) is 7.49. The van der Waals surface area contributed by atoms with Crippen LogP contribution in [0.5, 0.6) is 5.75 Å². The van der Waals surface area contributed by atoms with Crippen molar-refractivity contribution >= 4 is 28.6 Å². The minimum Gasteiger partial charge on any atom is -0.508 e. The summed E-state index contributed by atoms with van der Waals surface area (Å²) in [6.07, 6.45) is 0. The van der Waals surface area contributed by atoms with Gasteiger partial charge in [-0.2, -0.15) is 0 Å². The fraction of sp³-hybridized carbons (Fsp3) is 0. The van der Waals surface area contributed by atoms with E-state index in [0.717, 1.165) is 5.52 Å². The van der Waals surface area contributed by atoms with Crippen LogP contribution >= 0.6 is 11.6 Å². The minimum atomic E-state index is 0.127. The van der Waals surface area contributed by atoms with Crippen LogP contribution in [-0.2, 0) is 0 Å². The number of hydrogen-bond acceptors (Lipinski definition) is 4. The maximum Gasteiger partial charge on any atom is 0.180 e. The maximum absolute atomic E-state index is 9.48. The first-order chi connectivity index (χ1) is 8.63. The number of H-pyrrole nitrogens is 1. The number of nitrogen functional groups attached to an aromatic ring is 1. The highest BCUT2D eigenvalue weighted by Gasteiger charge is 2.10. The second-order valence-corrected chi connectivity index (χ2v) is 4.26. The molecule has 0 atom stereocenters. The van der Waals surface area contributed by atoms with E-state index in [2.05, 4.69) is 15.0 Å². The molecule has 0 aliphatic carbocycles. The average molecular weight is 261 g/mol. The lowest BCUT2D eigenvalue weighted by molar-refractivity contribution is 0.475. The zero-order valence-electron chi connectivity index (χ0n) is 9.18. The quantitative estimate of drug-likeness (QED) is 0.627. The number of halogens is 1. The monoisotopic (exact) mass is 260 g/mol. The van der Waals surface area contributed by atoms with Crippen molar-refractivity contribution in [2.24, 2.45) is 0 Å². The number of imidazole rings is 1. The van der Waals surface area contributed by atoms with E-state index >= 15 is 0 Å². The Balaban J connectivity index is 2.22. The Morgan fingerprint density at radius 3 is 2.83 bits per heavy atom. The van der Waals surface area contributed by atoms with Crippen LogP contribution < -0.4 is 5.73 Å². The van der Waals surface area contributed by atoms with Crippen molar-refractivity contribution in [1.82, 2.24) is 15.0 Å². The van der Waals surface area contributed by atoms with Gasteiger partial charge in [0.15, 0.2) is 5.65 Å². The SMILES string of the molecule is Nc1ccc2[nH]c(-c3cc(O)ccc3Cl)nc2n1. The Labute approximate surface area is 107 Å². The highest BCUT2D eigenvalue weighted by Crippen LogP contribution is 2.30. The number of phenolic OH excluding ortho intramolecular Hbond substituents is 1. The molecule has 0 saturated heterocycles. The minimum absolute atomic E-state index is 0.127. The van der Waals surface area contributed by atoms with E-state index in [9.17, 15) is 5.11 Å². The highest BCUT2D eigenvalue weighted by atomic mass is 35.5. The van der Waals surface area contributed by atoms with Gasteiger partial charge in [-0.25, -0.2) is 9.97 Å².